The van der Waals surface area contributed by atoms with Crippen LogP contribution in [0.15, 0.2) is 36.7 Å². The minimum atomic E-state index is -0.452. The van der Waals surface area contributed by atoms with Gasteiger partial charge in [0.1, 0.15) is 6.33 Å². The van der Waals surface area contributed by atoms with Gasteiger partial charge in [-0.25, -0.2) is 14.4 Å². The summed E-state index contributed by atoms with van der Waals surface area (Å²) in [5, 5.41) is 1.05. The molecule has 6 nitrogen and oxygen atoms in total. The van der Waals surface area contributed by atoms with E-state index in [0.29, 0.717) is 52.2 Å². The average Bonchev–Trinajstić information content (AvgIpc) is 3.11. The summed E-state index contributed by atoms with van der Waals surface area (Å²) in [6.45, 7) is 2.33. The van der Waals surface area contributed by atoms with Crippen LogP contribution in [0.2, 0.25) is 0 Å². The Kier molecular flexibility index (Phi) is 5.40. The Balaban J connectivity index is 1.73. The second-order valence-electron chi connectivity index (χ2n) is 6.48. The normalized spacial score (nSPS) is 11.2. The standard InChI is InChI=1S/C21H19ClFN3O3/c1-12-8-13-15(26-12)4-5-17(20(13)23)29-21-14-9-18(27-2)19(28-7-3-6-22)10-16(14)24-11-25-21/h4-5,8-11,26H,3,6-7H2,1-2H3. The molecule has 0 radical (unpaired) electrons. The Hall–Kier alpha value is -3.06. The zero-order valence-electron chi connectivity index (χ0n) is 16.0. The third-order valence-electron chi connectivity index (χ3n) is 4.46. The number of aryl methyl sites for hydroxylation is 1. The molecule has 0 aliphatic heterocycles. The van der Waals surface area contributed by atoms with Crippen molar-refractivity contribution in [2.24, 2.45) is 0 Å². The lowest BCUT2D eigenvalue weighted by atomic mass is 10.2. The predicted molar refractivity (Wildman–Crippen MR) is 110 cm³/mol. The van der Waals surface area contributed by atoms with E-state index < -0.39 is 5.82 Å². The van der Waals surface area contributed by atoms with Gasteiger partial charge in [-0.1, -0.05) is 0 Å². The van der Waals surface area contributed by atoms with Crippen molar-refractivity contribution in [1.82, 2.24) is 15.0 Å². The lowest BCUT2D eigenvalue weighted by Gasteiger charge is -2.13. The van der Waals surface area contributed by atoms with E-state index in [1.54, 1.807) is 37.4 Å². The number of hydrogen-bond donors (Lipinski definition) is 1. The molecule has 2 heterocycles. The summed E-state index contributed by atoms with van der Waals surface area (Å²) in [5.41, 5.74) is 2.17. The van der Waals surface area contributed by atoms with Crippen molar-refractivity contribution < 1.29 is 18.6 Å². The molecule has 0 aliphatic carbocycles. The Labute approximate surface area is 171 Å². The fourth-order valence-corrected chi connectivity index (χ4v) is 3.21. The number of nitrogens with one attached hydrogen (secondary N) is 1. The maximum atomic E-state index is 14.9. The summed E-state index contributed by atoms with van der Waals surface area (Å²) in [7, 11) is 1.54. The number of rotatable bonds is 7. The van der Waals surface area contributed by atoms with Gasteiger partial charge in [-0.3, -0.25) is 0 Å². The van der Waals surface area contributed by atoms with E-state index in [0.717, 1.165) is 5.69 Å². The van der Waals surface area contributed by atoms with Gasteiger partial charge in [-0.15, -0.1) is 11.6 Å². The number of benzene rings is 2. The van der Waals surface area contributed by atoms with Crippen molar-refractivity contribution in [3.63, 3.8) is 0 Å². The predicted octanol–water partition coefficient (Wildman–Crippen LogP) is 5.37. The first-order valence-electron chi connectivity index (χ1n) is 9.08. The maximum absolute atomic E-state index is 14.9. The fraction of sp³-hybridized carbons (Fsp3) is 0.238. The van der Waals surface area contributed by atoms with Crippen molar-refractivity contribution in [2.45, 2.75) is 13.3 Å². The van der Waals surface area contributed by atoms with Gasteiger partial charge in [-0.05, 0) is 37.6 Å². The molecule has 0 aliphatic rings. The molecule has 0 bridgehead atoms. The first-order chi connectivity index (χ1) is 14.1. The van der Waals surface area contributed by atoms with Crippen molar-refractivity contribution >= 4 is 33.4 Å². The largest absolute Gasteiger partial charge is 0.493 e. The molecule has 1 N–H and O–H groups in total. The van der Waals surface area contributed by atoms with Crippen LogP contribution in [-0.2, 0) is 0 Å². The minimum absolute atomic E-state index is 0.0814. The summed E-state index contributed by atoms with van der Waals surface area (Å²) >= 11 is 5.70. The highest BCUT2D eigenvalue weighted by Crippen LogP contribution is 2.37. The Morgan fingerprint density at radius 3 is 2.72 bits per heavy atom. The molecule has 0 atom stereocenters. The van der Waals surface area contributed by atoms with E-state index in [4.69, 9.17) is 25.8 Å². The maximum Gasteiger partial charge on any atom is 0.230 e. The highest BCUT2D eigenvalue weighted by atomic mass is 35.5. The van der Waals surface area contributed by atoms with E-state index >= 15 is 0 Å². The lowest BCUT2D eigenvalue weighted by Crippen LogP contribution is -2.01. The van der Waals surface area contributed by atoms with Crippen molar-refractivity contribution in [3.8, 4) is 23.1 Å². The summed E-state index contributed by atoms with van der Waals surface area (Å²) in [5.74, 6) is 1.41. The zero-order chi connectivity index (χ0) is 20.4. The summed E-state index contributed by atoms with van der Waals surface area (Å²) in [4.78, 5) is 11.6. The van der Waals surface area contributed by atoms with Gasteiger partial charge >= 0.3 is 0 Å². The molecular formula is C21H19ClFN3O3. The number of fused-ring (bicyclic) bond motifs is 2. The van der Waals surface area contributed by atoms with Crippen LogP contribution in [-0.4, -0.2) is 34.5 Å². The number of aromatic nitrogens is 3. The second-order valence-corrected chi connectivity index (χ2v) is 6.86. The minimum Gasteiger partial charge on any atom is -0.493 e. The van der Waals surface area contributed by atoms with Crippen molar-refractivity contribution in [1.29, 1.82) is 0 Å². The van der Waals surface area contributed by atoms with Gasteiger partial charge in [-0.2, -0.15) is 0 Å². The monoisotopic (exact) mass is 415 g/mol. The van der Waals surface area contributed by atoms with Crippen molar-refractivity contribution in [3.05, 3.63) is 48.2 Å². The zero-order valence-corrected chi connectivity index (χ0v) is 16.7. The quantitative estimate of drug-likeness (QED) is 0.324. The molecular weight excluding hydrogens is 397 g/mol. The molecule has 4 rings (SSSR count). The molecule has 8 heteroatoms. The molecule has 0 fully saturated rings. The number of ether oxygens (including phenoxy) is 3. The SMILES string of the molecule is COc1cc2c(Oc3ccc4[nH]c(C)cc4c3F)ncnc2cc1OCCCCl. The van der Waals surface area contributed by atoms with Crippen LogP contribution in [0.3, 0.4) is 0 Å². The highest BCUT2D eigenvalue weighted by Gasteiger charge is 2.16. The Morgan fingerprint density at radius 2 is 1.93 bits per heavy atom. The van der Waals surface area contributed by atoms with Crippen LogP contribution >= 0.6 is 11.6 Å². The average molecular weight is 416 g/mol. The molecule has 0 saturated heterocycles. The van der Waals surface area contributed by atoms with E-state index in [2.05, 4.69) is 15.0 Å². The number of hydrogen-bond acceptors (Lipinski definition) is 5. The number of alkyl halides is 1. The third-order valence-corrected chi connectivity index (χ3v) is 4.73. The highest BCUT2D eigenvalue weighted by molar-refractivity contribution is 6.17. The molecule has 0 saturated carbocycles. The summed E-state index contributed by atoms with van der Waals surface area (Å²) in [6, 6.07) is 8.54. The van der Waals surface area contributed by atoms with E-state index in [1.807, 2.05) is 6.92 Å². The first-order valence-corrected chi connectivity index (χ1v) is 9.61. The first kappa shape index (κ1) is 19.3. The molecule has 2 aromatic carbocycles. The van der Waals surface area contributed by atoms with E-state index in [-0.39, 0.29) is 11.6 Å². The summed E-state index contributed by atoms with van der Waals surface area (Å²) < 4.78 is 31.9. The number of halogens is 2. The van der Waals surface area contributed by atoms with Gasteiger partial charge in [0.2, 0.25) is 5.88 Å². The Bertz CT molecular complexity index is 1180. The topological polar surface area (TPSA) is 69.3 Å². The molecule has 29 heavy (non-hydrogen) atoms. The fourth-order valence-electron chi connectivity index (χ4n) is 3.10. The molecule has 4 aromatic rings. The van der Waals surface area contributed by atoms with Gasteiger partial charge in [0.05, 0.1) is 24.6 Å². The van der Waals surface area contributed by atoms with Crippen LogP contribution in [0, 0.1) is 12.7 Å². The lowest BCUT2D eigenvalue weighted by molar-refractivity contribution is 0.295. The number of methoxy groups -OCH3 is 1. The van der Waals surface area contributed by atoms with E-state index in [9.17, 15) is 4.39 Å². The molecule has 2 aromatic heterocycles. The molecule has 150 valence electrons. The van der Waals surface area contributed by atoms with Gasteiger partial charge in [0.15, 0.2) is 23.1 Å². The summed E-state index contributed by atoms with van der Waals surface area (Å²) in [6.07, 6.45) is 2.07. The van der Waals surface area contributed by atoms with Crippen LogP contribution < -0.4 is 14.2 Å². The van der Waals surface area contributed by atoms with Crippen LogP contribution in [0.5, 0.6) is 23.1 Å². The smallest absolute Gasteiger partial charge is 0.230 e. The van der Waals surface area contributed by atoms with Gasteiger partial charge in [0, 0.05) is 28.5 Å². The van der Waals surface area contributed by atoms with Crippen LogP contribution in [0.4, 0.5) is 4.39 Å². The van der Waals surface area contributed by atoms with Gasteiger partial charge in [0.25, 0.3) is 0 Å². The second kappa shape index (κ2) is 8.13. The molecule has 0 unspecified atom stereocenters. The number of aromatic amines is 1. The van der Waals surface area contributed by atoms with Crippen LogP contribution in [0.25, 0.3) is 21.8 Å². The third kappa shape index (κ3) is 3.78. The van der Waals surface area contributed by atoms with Crippen LogP contribution in [0.1, 0.15) is 12.1 Å². The van der Waals surface area contributed by atoms with Gasteiger partial charge < -0.3 is 19.2 Å². The van der Waals surface area contributed by atoms with Crippen molar-refractivity contribution in [2.75, 3.05) is 19.6 Å². The Morgan fingerprint density at radius 1 is 1.07 bits per heavy atom. The van der Waals surface area contributed by atoms with E-state index in [1.165, 1.54) is 6.33 Å². The number of nitrogens with zero attached hydrogens (tertiary/aromatic N) is 2. The molecule has 0 amide bonds. The number of H-pyrrole nitrogens is 1. The molecule has 0 spiro atoms.